The fourth-order valence-corrected chi connectivity index (χ4v) is 1.42. The third kappa shape index (κ3) is 6.75. The number of ether oxygens (including phenoxy) is 2. The average molecular weight is 303 g/mol. The second kappa shape index (κ2) is 8.79. The highest BCUT2D eigenvalue weighted by atomic mass is 35.5. The first-order valence-corrected chi connectivity index (χ1v) is 6.22. The molecule has 1 amide bonds. The molecule has 114 valence electrons. The van der Waals surface area contributed by atoms with E-state index >= 15 is 0 Å². The molecule has 1 rings (SSSR count). The number of rotatable bonds is 7. The smallest absolute Gasteiger partial charge is 0.255 e. The minimum atomic E-state index is -0.443. The molecule has 0 aliphatic heterocycles. The summed E-state index contributed by atoms with van der Waals surface area (Å²) in [6, 6.07) is 7.11. The lowest BCUT2D eigenvalue weighted by atomic mass is 10.1. The first kappa shape index (κ1) is 18.7. The van der Waals surface area contributed by atoms with Gasteiger partial charge in [-0.25, -0.2) is 0 Å². The van der Waals surface area contributed by atoms with Gasteiger partial charge in [-0.15, -0.1) is 12.4 Å². The van der Waals surface area contributed by atoms with E-state index in [2.05, 4.69) is 5.32 Å². The third-order valence-corrected chi connectivity index (χ3v) is 2.38. The largest absolute Gasteiger partial charge is 0.490 e. The van der Waals surface area contributed by atoms with E-state index in [9.17, 15) is 4.79 Å². The highest BCUT2D eigenvalue weighted by Gasteiger charge is 2.16. The van der Waals surface area contributed by atoms with Crippen LogP contribution in [-0.4, -0.2) is 38.3 Å². The Balaban J connectivity index is 0.00000361. The molecule has 0 fully saturated rings. The molecule has 0 radical (unpaired) electrons. The number of carbonyl (C=O) groups excluding carboxylic acids is 1. The number of amides is 1. The zero-order chi connectivity index (χ0) is 14.3. The van der Waals surface area contributed by atoms with Gasteiger partial charge < -0.3 is 20.5 Å². The van der Waals surface area contributed by atoms with Gasteiger partial charge in [-0.3, -0.25) is 4.79 Å². The molecule has 5 nitrogen and oxygen atoms in total. The average Bonchev–Trinajstić information content (AvgIpc) is 2.36. The van der Waals surface area contributed by atoms with E-state index in [-0.39, 0.29) is 18.3 Å². The van der Waals surface area contributed by atoms with Crippen LogP contribution in [0.5, 0.6) is 5.75 Å². The number of benzene rings is 1. The molecule has 1 aromatic rings. The van der Waals surface area contributed by atoms with Gasteiger partial charge in [-0.2, -0.15) is 0 Å². The second-order valence-corrected chi connectivity index (χ2v) is 5.01. The summed E-state index contributed by atoms with van der Waals surface area (Å²) in [5, 5.41) is 2.79. The Morgan fingerprint density at radius 1 is 1.30 bits per heavy atom. The van der Waals surface area contributed by atoms with Gasteiger partial charge in [0, 0.05) is 19.2 Å². The van der Waals surface area contributed by atoms with Crippen LogP contribution in [-0.2, 0) is 4.74 Å². The highest BCUT2D eigenvalue weighted by molar-refractivity contribution is 5.96. The number of carbonyl (C=O) groups is 1. The van der Waals surface area contributed by atoms with Crippen LogP contribution in [0.1, 0.15) is 24.2 Å². The predicted molar refractivity (Wildman–Crippen MR) is 81.7 cm³/mol. The molecule has 0 atom stereocenters. The van der Waals surface area contributed by atoms with Gasteiger partial charge in [0.2, 0.25) is 0 Å². The van der Waals surface area contributed by atoms with Crippen molar-refractivity contribution in [2.75, 3.05) is 26.9 Å². The Hall–Kier alpha value is -1.30. The molecule has 0 heterocycles. The molecule has 0 aliphatic carbocycles. The van der Waals surface area contributed by atoms with Crippen molar-refractivity contribution in [2.24, 2.45) is 5.73 Å². The van der Waals surface area contributed by atoms with Gasteiger partial charge in [0.05, 0.1) is 12.2 Å². The van der Waals surface area contributed by atoms with Crippen molar-refractivity contribution in [3.8, 4) is 5.75 Å². The van der Waals surface area contributed by atoms with Crippen molar-refractivity contribution in [3.63, 3.8) is 0 Å². The van der Waals surface area contributed by atoms with E-state index in [1.54, 1.807) is 25.3 Å². The van der Waals surface area contributed by atoms with Gasteiger partial charge >= 0.3 is 0 Å². The van der Waals surface area contributed by atoms with Crippen LogP contribution in [0.15, 0.2) is 24.3 Å². The SMILES string of the molecule is COCCOc1ccccc1C(=O)NCC(C)(C)N.Cl. The van der Waals surface area contributed by atoms with Gasteiger partial charge in [0.1, 0.15) is 12.4 Å². The number of hydrogen-bond acceptors (Lipinski definition) is 4. The van der Waals surface area contributed by atoms with Crippen LogP contribution in [0.4, 0.5) is 0 Å². The van der Waals surface area contributed by atoms with Crippen LogP contribution >= 0.6 is 12.4 Å². The molecule has 0 saturated heterocycles. The first-order valence-electron chi connectivity index (χ1n) is 6.22. The molecule has 0 aliphatic rings. The lowest BCUT2D eigenvalue weighted by molar-refractivity contribution is 0.0938. The molecule has 0 spiro atoms. The highest BCUT2D eigenvalue weighted by Crippen LogP contribution is 2.17. The van der Waals surface area contributed by atoms with Crippen molar-refractivity contribution < 1.29 is 14.3 Å². The monoisotopic (exact) mass is 302 g/mol. The van der Waals surface area contributed by atoms with Crippen molar-refractivity contribution in [3.05, 3.63) is 29.8 Å². The Bertz CT molecular complexity index is 419. The lowest BCUT2D eigenvalue weighted by Crippen LogP contribution is -2.45. The lowest BCUT2D eigenvalue weighted by Gasteiger charge is -2.19. The zero-order valence-electron chi connectivity index (χ0n) is 12.1. The maximum Gasteiger partial charge on any atom is 0.255 e. The van der Waals surface area contributed by atoms with Crippen molar-refractivity contribution in [1.29, 1.82) is 0 Å². The van der Waals surface area contributed by atoms with E-state index in [0.29, 0.717) is 31.1 Å². The normalized spacial score (nSPS) is 10.6. The summed E-state index contributed by atoms with van der Waals surface area (Å²) < 4.78 is 10.4. The molecular weight excluding hydrogens is 280 g/mol. The van der Waals surface area contributed by atoms with E-state index in [1.165, 1.54) is 0 Å². The summed E-state index contributed by atoms with van der Waals surface area (Å²) in [6.45, 7) is 5.00. The molecule has 20 heavy (non-hydrogen) atoms. The number of nitrogens with two attached hydrogens (primary N) is 1. The minimum absolute atomic E-state index is 0. The summed E-state index contributed by atoms with van der Waals surface area (Å²) in [6.07, 6.45) is 0. The van der Waals surface area contributed by atoms with E-state index in [4.69, 9.17) is 15.2 Å². The van der Waals surface area contributed by atoms with Gasteiger partial charge in [0.15, 0.2) is 0 Å². The Morgan fingerprint density at radius 3 is 2.55 bits per heavy atom. The molecule has 0 unspecified atom stereocenters. The predicted octanol–water partition coefficient (Wildman–Crippen LogP) is 1.60. The van der Waals surface area contributed by atoms with Crippen molar-refractivity contribution >= 4 is 18.3 Å². The summed E-state index contributed by atoms with van der Waals surface area (Å²) >= 11 is 0. The van der Waals surface area contributed by atoms with Crippen molar-refractivity contribution in [2.45, 2.75) is 19.4 Å². The summed E-state index contributed by atoms with van der Waals surface area (Å²) in [7, 11) is 1.60. The van der Waals surface area contributed by atoms with Crippen LogP contribution in [0.2, 0.25) is 0 Å². The topological polar surface area (TPSA) is 73.6 Å². The third-order valence-electron chi connectivity index (χ3n) is 2.38. The van der Waals surface area contributed by atoms with Crippen LogP contribution < -0.4 is 15.8 Å². The van der Waals surface area contributed by atoms with E-state index in [1.807, 2.05) is 19.9 Å². The van der Waals surface area contributed by atoms with Gasteiger partial charge in [0.25, 0.3) is 5.91 Å². The summed E-state index contributed by atoms with van der Waals surface area (Å²) in [4.78, 5) is 12.1. The quantitative estimate of drug-likeness (QED) is 0.750. The number of hydrogen-bond donors (Lipinski definition) is 2. The standard InChI is InChI=1S/C14H22N2O3.ClH/c1-14(2,15)10-16-13(17)11-6-4-5-7-12(11)19-9-8-18-3;/h4-7H,8-10,15H2,1-3H3,(H,16,17);1H. The van der Waals surface area contributed by atoms with Crippen LogP contribution in [0.3, 0.4) is 0 Å². The number of methoxy groups -OCH3 is 1. The van der Waals surface area contributed by atoms with Crippen LogP contribution in [0, 0.1) is 0 Å². The van der Waals surface area contributed by atoms with E-state index in [0.717, 1.165) is 0 Å². The maximum absolute atomic E-state index is 12.1. The summed E-state index contributed by atoms with van der Waals surface area (Å²) in [5.41, 5.74) is 5.90. The Labute approximate surface area is 126 Å². The number of nitrogens with one attached hydrogen (secondary N) is 1. The van der Waals surface area contributed by atoms with Gasteiger partial charge in [-0.1, -0.05) is 12.1 Å². The summed E-state index contributed by atoms with van der Waals surface area (Å²) in [5.74, 6) is 0.360. The fraction of sp³-hybridized carbons (Fsp3) is 0.500. The molecule has 0 saturated carbocycles. The zero-order valence-corrected chi connectivity index (χ0v) is 13.0. The van der Waals surface area contributed by atoms with E-state index < -0.39 is 5.54 Å². The number of halogens is 1. The molecule has 0 bridgehead atoms. The fourth-order valence-electron chi connectivity index (χ4n) is 1.42. The van der Waals surface area contributed by atoms with Gasteiger partial charge in [-0.05, 0) is 26.0 Å². The molecule has 3 N–H and O–H groups in total. The molecule has 0 aromatic heterocycles. The van der Waals surface area contributed by atoms with Crippen molar-refractivity contribution in [1.82, 2.24) is 5.32 Å². The second-order valence-electron chi connectivity index (χ2n) is 5.01. The molecular formula is C14H23ClN2O3. The Morgan fingerprint density at radius 2 is 1.95 bits per heavy atom. The molecule has 6 heteroatoms. The number of para-hydroxylation sites is 1. The minimum Gasteiger partial charge on any atom is -0.490 e. The van der Waals surface area contributed by atoms with Crippen LogP contribution in [0.25, 0.3) is 0 Å². The first-order chi connectivity index (χ1) is 8.94. The molecule has 1 aromatic carbocycles. The Kier molecular flexibility index (Phi) is 8.22. The maximum atomic E-state index is 12.1.